The first kappa shape index (κ1) is 11.7. The van der Waals surface area contributed by atoms with Gasteiger partial charge in [0.25, 0.3) is 0 Å². The molecule has 0 atom stereocenters. The molecule has 0 unspecified atom stereocenters. The minimum absolute atomic E-state index is 0.150. The van der Waals surface area contributed by atoms with Gasteiger partial charge in [0, 0.05) is 37.6 Å². The molecule has 98 valence electrons. The summed E-state index contributed by atoms with van der Waals surface area (Å²) in [7, 11) is 0. The van der Waals surface area contributed by atoms with Crippen molar-refractivity contribution in [2.45, 2.75) is 0 Å². The van der Waals surface area contributed by atoms with Crippen LogP contribution < -0.4 is 10.5 Å². The fourth-order valence-corrected chi connectivity index (χ4v) is 2.25. The lowest BCUT2D eigenvalue weighted by Crippen LogP contribution is -2.46. The Labute approximate surface area is 109 Å². The summed E-state index contributed by atoms with van der Waals surface area (Å²) >= 11 is 0. The van der Waals surface area contributed by atoms with Crippen LogP contribution in [-0.4, -0.2) is 47.5 Å². The number of carbonyl (C=O) groups is 1. The van der Waals surface area contributed by atoms with E-state index in [9.17, 15) is 9.59 Å². The van der Waals surface area contributed by atoms with Gasteiger partial charge in [-0.1, -0.05) is 0 Å². The molecule has 3 rings (SSSR count). The zero-order valence-corrected chi connectivity index (χ0v) is 10.4. The van der Waals surface area contributed by atoms with Crippen LogP contribution in [0.2, 0.25) is 0 Å². The Balaban J connectivity index is 1.89. The van der Waals surface area contributed by atoms with E-state index in [1.165, 1.54) is 6.07 Å². The zero-order valence-electron chi connectivity index (χ0n) is 10.4. The number of hydrogen-bond donors (Lipinski definition) is 1. The van der Waals surface area contributed by atoms with Gasteiger partial charge in [-0.25, -0.2) is 4.98 Å². The Hall–Kier alpha value is -2.37. The molecule has 1 fully saturated rings. The predicted octanol–water partition coefficient (Wildman–Crippen LogP) is 0.201. The van der Waals surface area contributed by atoms with Crippen LogP contribution in [0.5, 0.6) is 0 Å². The number of aromatic nitrogens is 2. The predicted molar refractivity (Wildman–Crippen MR) is 72.2 cm³/mol. The van der Waals surface area contributed by atoms with Crippen LogP contribution in [0.1, 0.15) is 0 Å². The van der Waals surface area contributed by atoms with Crippen molar-refractivity contribution in [1.29, 1.82) is 0 Å². The molecule has 0 bridgehead atoms. The monoisotopic (exact) mass is 258 g/mol. The highest BCUT2D eigenvalue weighted by atomic mass is 16.1. The van der Waals surface area contributed by atoms with Crippen molar-refractivity contribution in [3.63, 3.8) is 0 Å². The first-order valence-electron chi connectivity index (χ1n) is 6.21. The minimum atomic E-state index is -0.150. The number of fused-ring (bicyclic) bond motifs is 1. The van der Waals surface area contributed by atoms with Crippen molar-refractivity contribution in [2.24, 2.45) is 0 Å². The summed E-state index contributed by atoms with van der Waals surface area (Å²) in [5.41, 5.74) is 0.450. The van der Waals surface area contributed by atoms with E-state index in [1.54, 1.807) is 11.0 Å². The molecule has 1 aliphatic heterocycles. The first-order chi connectivity index (χ1) is 9.26. The van der Waals surface area contributed by atoms with Crippen molar-refractivity contribution in [2.75, 3.05) is 31.1 Å². The fraction of sp³-hybridized carbons (Fsp3) is 0.308. The number of amides is 1. The maximum Gasteiger partial charge on any atom is 0.249 e. The second-order valence-corrected chi connectivity index (χ2v) is 4.56. The molecule has 6 heteroatoms. The van der Waals surface area contributed by atoms with E-state index in [2.05, 4.69) is 14.9 Å². The van der Waals surface area contributed by atoms with Crippen LogP contribution in [-0.2, 0) is 4.79 Å². The molecule has 1 saturated heterocycles. The molecule has 0 saturated carbocycles. The number of piperazine rings is 1. The highest BCUT2D eigenvalue weighted by Gasteiger charge is 2.16. The van der Waals surface area contributed by atoms with E-state index in [0.717, 1.165) is 30.7 Å². The van der Waals surface area contributed by atoms with E-state index in [4.69, 9.17) is 0 Å². The van der Waals surface area contributed by atoms with Crippen molar-refractivity contribution < 1.29 is 4.79 Å². The number of rotatable bonds is 2. The molecule has 0 aliphatic carbocycles. The van der Waals surface area contributed by atoms with Crippen LogP contribution in [0.15, 0.2) is 29.1 Å². The smallest absolute Gasteiger partial charge is 0.249 e. The van der Waals surface area contributed by atoms with Gasteiger partial charge in [-0.2, -0.15) is 0 Å². The maximum absolute atomic E-state index is 11.3. The Bertz CT molecular complexity index is 659. The number of nitrogens with one attached hydrogen (secondary N) is 1. The standard InChI is InChI=1S/C13H14N4O2/c18-9-16-5-7-17(8-6-16)11-3-1-10-2-4-12(19)15-13(10)14-11/h1-4,9H,5-8H2,(H,14,15,19). The molecule has 1 amide bonds. The third kappa shape index (κ3) is 2.29. The summed E-state index contributed by atoms with van der Waals surface area (Å²) in [6, 6.07) is 7.14. The molecule has 1 N–H and O–H groups in total. The normalized spacial score (nSPS) is 15.8. The molecule has 19 heavy (non-hydrogen) atoms. The highest BCUT2D eigenvalue weighted by Crippen LogP contribution is 2.16. The number of nitrogens with zero attached hydrogens (tertiary/aromatic N) is 3. The summed E-state index contributed by atoms with van der Waals surface area (Å²) in [6.45, 7) is 2.92. The average Bonchev–Trinajstić information content (AvgIpc) is 2.46. The lowest BCUT2D eigenvalue weighted by Gasteiger charge is -2.33. The molecule has 0 spiro atoms. The summed E-state index contributed by atoms with van der Waals surface area (Å²) < 4.78 is 0. The average molecular weight is 258 g/mol. The maximum atomic E-state index is 11.3. The number of H-pyrrole nitrogens is 1. The number of aromatic amines is 1. The topological polar surface area (TPSA) is 69.3 Å². The summed E-state index contributed by atoms with van der Waals surface area (Å²) in [6.07, 6.45) is 0.878. The van der Waals surface area contributed by atoms with Crippen LogP contribution in [0.3, 0.4) is 0 Å². The Morgan fingerprint density at radius 1 is 1.11 bits per heavy atom. The lowest BCUT2D eigenvalue weighted by molar-refractivity contribution is -0.118. The van der Waals surface area contributed by atoms with Gasteiger partial charge in [-0.15, -0.1) is 0 Å². The number of hydrogen-bond acceptors (Lipinski definition) is 4. The Kier molecular flexibility index (Phi) is 2.91. The number of carbonyl (C=O) groups excluding carboxylic acids is 1. The number of pyridine rings is 2. The first-order valence-corrected chi connectivity index (χ1v) is 6.21. The molecule has 2 aromatic heterocycles. The largest absolute Gasteiger partial charge is 0.353 e. The van der Waals surface area contributed by atoms with Crippen LogP contribution >= 0.6 is 0 Å². The van der Waals surface area contributed by atoms with Crippen LogP contribution in [0.4, 0.5) is 5.82 Å². The molecule has 6 nitrogen and oxygen atoms in total. The highest BCUT2D eigenvalue weighted by molar-refractivity contribution is 5.76. The van der Waals surface area contributed by atoms with Crippen molar-refractivity contribution >= 4 is 23.3 Å². The van der Waals surface area contributed by atoms with Gasteiger partial charge in [-0.3, -0.25) is 9.59 Å². The van der Waals surface area contributed by atoms with Gasteiger partial charge in [0.15, 0.2) is 0 Å². The van der Waals surface area contributed by atoms with Crippen LogP contribution in [0, 0.1) is 0 Å². The Morgan fingerprint density at radius 2 is 1.84 bits per heavy atom. The number of anilines is 1. The second-order valence-electron chi connectivity index (χ2n) is 4.56. The summed E-state index contributed by atoms with van der Waals surface area (Å²) in [5.74, 6) is 0.833. The van der Waals surface area contributed by atoms with Crippen molar-refractivity contribution in [3.8, 4) is 0 Å². The second kappa shape index (κ2) is 4.72. The molecule has 0 radical (unpaired) electrons. The lowest BCUT2D eigenvalue weighted by atomic mass is 10.2. The quantitative estimate of drug-likeness (QED) is 0.781. The molecule has 3 heterocycles. The summed E-state index contributed by atoms with van der Waals surface area (Å²) in [5, 5.41) is 0.912. The zero-order chi connectivity index (χ0) is 13.2. The third-order valence-electron chi connectivity index (χ3n) is 3.35. The van der Waals surface area contributed by atoms with E-state index < -0.39 is 0 Å². The van der Waals surface area contributed by atoms with Gasteiger partial charge in [0.1, 0.15) is 11.5 Å². The Morgan fingerprint density at radius 3 is 2.58 bits per heavy atom. The summed E-state index contributed by atoms with van der Waals surface area (Å²) in [4.78, 5) is 33.0. The molecular weight excluding hydrogens is 244 g/mol. The van der Waals surface area contributed by atoms with E-state index >= 15 is 0 Å². The van der Waals surface area contributed by atoms with Crippen molar-refractivity contribution in [3.05, 3.63) is 34.6 Å². The van der Waals surface area contributed by atoms with Gasteiger partial charge in [0.05, 0.1) is 0 Å². The fourth-order valence-electron chi connectivity index (χ4n) is 2.25. The van der Waals surface area contributed by atoms with E-state index in [0.29, 0.717) is 18.7 Å². The van der Waals surface area contributed by atoms with Crippen molar-refractivity contribution in [1.82, 2.24) is 14.9 Å². The molecular formula is C13H14N4O2. The van der Waals surface area contributed by atoms with Gasteiger partial charge in [-0.05, 0) is 18.2 Å². The minimum Gasteiger partial charge on any atom is -0.353 e. The SMILES string of the molecule is O=CN1CCN(c2ccc3ccc(=O)[nH]c3n2)CC1. The molecule has 2 aromatic rings. The van der Waals surface area contributed by atoms with Gasteiger partial charge >= 0.3 is 0 Å². The van der Waals surface area contributed by atoms with E-state index in [1.807, 2.05) is 12.1 Å². The van der Waals surface area contributed by atoms with Gasteiger partial charge in [0.2, 0.25) is 12.0 Å². The van der Waals surface area contributed by atoms with Gasteiger partial charge < -0.3 is 14.8 Å². The van der Waals surface area contributed by atoms with Crippen LogP contribution in [0.25, 0.3) is 11.0 Å². The molecule has 0 aromatic carbocycles. The third-order valence-corrected chi connectivity index (χ3v) is 3.35. The van der Waals surface area contributed by atoms with E-state index in [-0.39, 0.29) is 5.56 Å². The molecule has 1 aliphatic rings.